The molecular formula is C17H21NO2S2. The Labute approximate surface area is 139 Å². The standard InChI is InChI=1S/C17H21NO2S2/c19-16(11-17(20)7-1-2-8-17)18(12-14-5-3-9-21-14)13-15-6-4-10-22-15/h3-6,9-10,20H,1-2,7-8,11-13H2. The van der Waals surface area contributed by atoms with Crippen LogP contribution in [0.4, 0.5) is 0 Å². The number of rotatable bonds is 6. The van der Waals surface area contributed by atoms with Crippen LogP contribution in [0.5, 0.6) is 0 Å². The molecular weight excluding hydrogens is 314 g/mol. The number of hydrogen-bond acceptors (Lipinski definition) is 4. The molecule has 0 aromatic carbocycles. The minimum Gasteiger partial charge on any atom is -0.389 e. The predicted molar refractivity (Wildman–Crippen MR) is 90.9 cm³/mol. The SMILES string of the molecule is O=C(CC1(O)CCCC1)N(Cc1cccs1)Cc1cccs1. The van der Waals surface area contributed by atoms with Gasteiger partial charge in [-0.15, -0.1) is 22.7 Å². The Morgan fingerprint density at radius 2 is 1.64 bits per heavy atom. The van der Waals surface area contributed by atoms with Gasteiger partial charge in [0.25, 0.3) is 0 Å². The topological polar surface area (TPSA) is 40.5 Å². The van der Waals surface area contributed by atoms with Gasteiger partial charge in [0.05, 0.1) is 25.1 Å². The largest absolute Gasteiger partial charge is 0.389 e. The van der Waals surface area contributed by atoms with Gasteiger partial charge in [0.1, 0.15) is 0 Å². The average molecular weight is 335 g/mol. The number of hydrogen-bond donors (Lipinski definition) is 1. The van der Waals surface area contributed by atoms with Crippen molar-refractivity contribution in [2.45, 2.75) is 50.8 Å². The van der Waals surface area contributed by atoms with Crippen molar-refractivity contribution in [3.8, 4) is 0 Å². The van der Waals surface area contributed by atoms with Gasteiger partial charge in [-0.05, 0) is 35.7 Å². The van der Waals surface area contributed by atoms with Crippen LogP contribution in [0, 0.1) is 0 Å². The van der Waals surface area contributed by atoms with E-state index < -0.39 is 5.60 Å². The van der Waals surface area contributed by atoms with Gasteiger partial charge in [-0.1, -0.05) is 25.0 Å². The van der Waals surface area contributed by atoms with E-state index >= 15 is 0 Å². The summed E-state index contributed by atoms with van der Waals surface area (Å²) in [5, 5.41) is 14.6. The number of nitrogens with zero attached hydrogens (tertiary/aromatic N) is 1. The Bertz CT molecular complexity index is 550. The van der Waals surface area contributed by atoms with E-state index in [1.54, 1.807) is 22.7 Å². The van der Waals surface area contributed by atoms with E-state index in [0.717, 1.165) is 25.7 Å². The Hall–Kier alpha value is -1.17. The summed E-state index contributed by atoms with van der Waals surface area (Å²) in [4.78, 5) is 17.0. The molecule has 0 spiro atoms. The minimum absolute atomic E-state index is 0.0613. The lowest BCUT2D eigenvalue weighted by Crippen LogP contribution is -2.37. The maximum Gasteiger partial charge on any atom is 0.226 e. The van der Waals surface area contributed by atoms with Crippen LogP contribution >= 0.6 is 22.7 Å². The van der Waals surface area contributed by atoms with E-state index in [2.05, 4.69) is 12.1 Å². The van der Waals surface area contributed by atoms with Crippen LogP contribution in [0.25, 0.3) is 0 Å². The first kappa shape index (κ1) is 15.7. The molecule has 3 nitrogen and oxygen atoms in total. The van der Waals surface area contributed by atoms with Gasteiger partial charge in [-0.3, -0.25) is 4.79 Å². The number of carbonyl (C=O) groups is 1. The third kappa shape index (κ3) is 3.97. The van der Waals surface area contributed by atoms with E-state index in [0.29, 0.717) is 13.1 Å². The monoisotopic (exact) mass is 335 g/mol. The fourth-order valence-corrected chi connectivity index (χ4v) is 4.46. The minimum atomic E-state index is -0.778. The van der Waals surface area contributed by atoms with Crippen molar-refractivity contribution in [2.75, 3.05) is 0 Å². The summed E-state index contributed by atoms with van der Waals surface area (Å²) in [6, 6.07) is 8.14. The van der Waals surface area contributed by atoms with E-state index in [-0.39, 0.29) is 12.3 Å². The van der Waals surface area contributed by atoms with E-state index in [1.807, 2.05) is 27.8 Å². The summed E-state index contributed by atoms with van der Waals surface area (Å²) in [6.45, 7) is 1.26. The summed E-state index contributed by atoms with van der Waals surface area (Å²) < 4.78 is 0. The lowest BCUT2D eigenvalue weighted by atomic mass is 9.97. The number of amides is 1. The molecule has 0 saturated heterocycles. The van der Waals surface area contributed by atoms with E-state index in [9.17, 15) is 9.90 Å². The van der Waals surface area contributed by atoms with Crippen molar-refractivity contribution in [1.82, 2.24) is 4.90 Å². The first-order valence-electron chi connectivity index (χ1n) is 7.70. The predicted octanol–water partition coefficient (Wildman–Crippen LogP) is 4.03. The third-order valence-corrected chi connectivity index (χ3v) is 5.94. The molecule has 0 bridgehead atoms. The molecule has 1 N–H and O–H groups in total. The number of thiophene rings is 2. The normalized spacial score (nSPS) is 16.8. The third-order valence-electron chi connectivity index (χ3n) is 4.22. The van der Waals surface area contributed by atoms with Gasteiger partial charge in [0, 0.05) is 9.75 Å². The first-order chi connectivity index (χ1) is 10.6. The number of aliphatic hydroxyl groups is 1. The molecule has 0 atom stereocenters. The van der Waals surface area contributed by atoms with Crippen LogP contribution in [-0.4, -0.2) is 21.5 Å². The van der Waals surface area contributed by atoms with Crippen LogP contribution in [0.2, 0.25) is 0 Å². The summed E-state index contributed by atoms with van der Waals surface area (Å²) in [7, 11) is 0. The fourth-order valence-electron chi connectivity index (χ4n) is 3.02. The second kappa shape index (κ2) is 6.94. The average Bonchev–Trinajstić information content (AvgIpc) is 3.21. The molecule has 1 aliphatic carbocycles. The molecule has 1 aliphatic rings. The highest BCUT2D eigenvalue weighted by Crippen LogP contribution is 2.33. The maximum absolute atomic E-state index is 12.7. The van der Waals surface area contributed by atoms with Crippen LogP contribution in [0.3, 0.4) is 0 Å². The van der Waals surface area contributed by atoms with Crippen molar-refractivity contribution >= 4 is 28.6 Å². The lowest BCUT2D eigenvalue weighted by molar-refractivity contribution is -0.137. The highest BCUT2D eigenvalue weighted by molar-refractivity contribution is 7.10. The Morgan fingerprint density at radius 3 is 2.09 bits per heavy atom. The molecule has 2 heterocycles. The molecule has 1 amide bonds. The van der Waals surface area contributed by atoms with Crippen LogP contribution in [0.15, 0.2) is 35.0 Å². The quantitative estimate of drug-likeness (QED) is 0.866. The van der Waals surface area contributed by atoms with Gasteiger partial charge < -0.3 is 10.0 Å². The molecule has 5 heteroatoms. The van der Waals surface area contributed by atoms with Crippen LogP contribution in [0.1, 0.15) is 41.9 Å². The van der Waals surface area contributed by atoms with Gasteiger partial charge in [-0.2, -0.15) is 0 Å². The highest BCUT2D eigenvalue weighted by atomic mass is 32.1. The van der Waals surface area contributed by atoms with E-state index in [4.69, 9.17) is 0 Å². The van der Waals surface area contributed by atoms with Crippen LogP contribution < -0.4 is 0 Å². The summed E-state index contributed by atoms with van der Waals surface area (Å²) in [5.41, 5.74) is -0.778. The summed E-state index contributed by atoms with van der Waals surface area (Å²) in [6.07, 6.45) is 3.82. The fraction of sp³-hybridized carbons (Fsp3) is 0.471. The smallest absolute Gasteiger partial charge is 0.226 e. The second-order valence-electron chi connectivity index (χ2n) is 6.02. The van der Waals surface area contributed by atoms with Gasteiger partial charge in [-0.25, -0.2) is 0 Å². The Balaban J connectivity index is 1.70. The van der Waals surface area contributed by atoms with Crippen LogP contribution in [-0.2, 0) is 17.9 Å². The van der Waals surface area contributed by atoms with Gasteiger partial charge >= 0.3 is 0 Å². The first-order valence-corrected chi connectivity index (χ1v) is 9.45. The highest BCUT2D eigenvalue weighted by Gasteiger charge is 2.35. The second-order valence-corrected chi connectivity index (χ2v) is 8.08. The lowest BCUT2D eigenvalue weighted by Gasteiger charge is -2.27. The summed E-state index contributed by atoms with van der Waals surface area (Å²) >= 11 is 3.34. The molecule has 3 rings (SSSR count). The van der Waals surface area contributed by atoms with Crippen molar-refractivity contribution < 1.29 is 9.90 Å². The maximum atomic E-state index is 12.7. The molecule has 0 unspecified atom stereocenters. The van der Waals surface area contributed by atoms with Crippen molar-refractivity contribution in [3.05, 3.63) is 44.8 Å². The number of carbonyl (C=O) groups excluding carboxylic acids is 1. The molecule has 0 aliphatic heterocycles. The molecule has 2 aromatic heterocycles. The van der Waals surface area contributed by atoms with E-state index in [1.165, 1.54) is 9.75 Å². The van der Waals surface area contributed by atoms with Crippen molar-refractivity contribution in [3.63, 3.8) is 0 Å². The molecule has 0 radical (unpaired) electrons. The van der Waals surface area contributed by atoms with Gasteiger partial charge in [0.2, 0.25) is 5.91 Å². The van der Waals surface area contributed by atoms with Crippen molar-refractivity contribution in [2.24, 2.45) is 0 Å². The zero-order chi connectivity index (χ0) is 15.4. The van der Waals surface area contributed by atoms with Gasteiger partial charge in [0.15, 0.2) is 0 Å². The zero-order valence-electron chi connectivity index (χ0n) is 12.5. The Morgan fingerprint density at radius 1 is 1.09 bits per heavy atom. The Kier molecular flexibility index (Phi) is 4.96. The zero-order valence-corrected chi connectivity index (χ0v) is 14.2. The van der Waals surface area contributed by atoms with Crippen molar-refractivity contribution in [1.29, 1.82) is 0 Å². The summed E-state index contributed by atoms with van der Waals surface area (Å²) in [5.74, 6) is 0.0613. The molecule has 1 fully saturated rings. The molecule has 2 aromatic rings. The molecule has 1 saturated carbocycles. The molecule has 118 valence electrons. The molecule has 22 heavy (non-hydrogen) atoms.